The van der Waals surface area contributed by atoms with Crippen LogP contribution in [0, 0.1) is 0 Å². The summed E-state index contributed by atoms with van der Waals surface area (Å²) in [5, 5.41) is 1.99. The number of para-hydroxylation sites is 2. The molecule has 2 aromatic rings. The van der Waals surface area contributed by atoms with E-state index in [2.05, 4.69) is 0 Å². The molecule has 1 aromatic heterocycles. The second kappa shape index (κ2) is 7.35. The monoisotopic (exact) mass is 384 g/mol. The number of hydrogen-bond donors (Lipinski definition) is 0. The maximum absolute atomic E-state index is 13.2. The first kappa shape index (κ1) is 18.0. The summed E-state index contributed by atoms with van der Waals surface area (Å²) in [6, 6.07) is 7.46. The van der Waals surface area contributed by atoms with Gasteiger partial charge in [-0.25, -0.2) is 0 Å². The van der Waals surface area contributed by atoms with E-state index in [4.69, 9.17) is 4.74 Å². The van der Waals surface area contributed by atoms with Crippen LogP contribution in [0.25, 0.3) is 0 Å². The highest BCUT2D eigenvalue weighted by molar-refractivity contribution is 7.10. The van der Waals surface area contributed by atoms with Gasteiger partial charge in [0.1, 0.15) is 12.3 Å². The Balaban J connectivity index is 1.56. The molecule has 1 saturated heterocycles. The average molecular weight is 385 g/mol. The van der Waals surface area contributed by atoms with Crippen LogP contribution < -0.4 is 9.64 Å². The smallest absolute Gasteiger partial charge is 0.255 e. The number of aryl methyl sites for hydroxylation is 1. The van der Waals surface area contributed by atoms with Gasteiger partial charge in [-0.2, -0.15) is 0 Å². The molecule has 1 fully saturated rings. The van der Waals surface area contributed by atoms with E-state index in [0.29, 0.717) is 12.3 Å². The molecule has 142 valence electrons. The Hall–Kier alpha value is -2.34. The minimum Gasteiger partial charge on any atom is -0.495 e. The van der Waals surface area contributed by atoms with E-state index >= 15 is 0 Å². The minimum absolute atomic E-state index is 0.00470. The predicted octanol–water partition coefficient (Wildman–Crippen LogP) is 3.51. The van der Waals surface area contributed by atoms with Gasteiger partial charge in [-0.05, 0) is 50.3 Å². The molecular formula is C21H24N2O3S. The lowest BCUT2D eigenvalue weighted by atomic mass is 9.95. The topological polar surface area (TPSA) is 49.9 Å². The maximum Gasteiger partial charge on any atom is 0.255 e. The molecule has 0 unspecified atom stereocenters. The van der Waals surface area contributed by atoms with Crippen molar-refractivity contribution in [3.63, 3.8) is 0 Å². The Morgan fingerprint density at radius 2 is 2.00 bits per heavy atom. The Morgan fingerprint density at radius 1 is 1.22 bits per heavy atom. The van der Waals surface area contributed by atoms with Crippen molar-refractivity contribution in [2.75, 3.05) is 25.1 Å². The fraction of sp³-hybridized carbons (Fsp3) is 0.429. The summed E-state index contributed by atoms with van der Waals surface area (Å²) < 4.78 is 5.40. The standard InChI is InChI=1S/C21H24N2O3S/c1-14-11-23(17-8-4-5-9-18(17)26-2)20(24)12-22(14)21(25)16-13-27-19-10-6-3-7-15(16)19/h4-5,8-9,13-14H,3,6-7,10-12H2,1-2H3/t14-/m0/s1. The van der Waals surface area contributed by atoms with Gasteiger partial charge in [-0.15, -0.1) is 11.3 Å². The molecule has 0 N–H and O–H groups in total. The number of amides is 2. The van der Waals surface area contributed by atoms with Gasteiger partial charge < -0.3 is 14.5 Å². The Morgan fingerprint density at radius 3 is 2.81 bits per heavy atom. The Labute approximate surface area is 163 Å². The van der Waals surface area contributed by atoms with E-state index in [1.807, 2.05) is 36.6 Å². The highest BCUT2D eigenvalue weighted by Gasteiger charge is 2.36. The molecule has 2 heterocycles. The lowest BCUT2D eigenvalue weighted by Gasteiger charge is -2.39. The lowest BCUT2D eigenvalue weighted by molar-refractivity contribution is -0.121. The van der Waals surface area contributed by atoms with Crippen molar-refractivity contribution in [3.8, 4) is 5.75 Å². The third-order valence-corrected chi connectivity index (χ3v) is 6.60. The number of thiophene rings is 1. The van der Waals surface area contributed by atoms with Crippen LogP contribution in [0.5, 0.6) is 5.75 Å². The fourth-order valence-corrected chi connectivity index (χ4v) is 5.16. The summed E-state index contributed by atoms with van der Waals surface area (Å²) in [6.07, 6.45) is 4.39. The highest BCUT2D eigenvalue weighted by Crippen LogP contribution is 2.33. The molecule has 27 heavy (non-hydrogen) atoms. The normalized spacial score (nSPS) is 19.8. The molecule has 0 spiro atoms. The summed E-state index contributed by atoms with van der Waals surface area (Å²) in [4.78, 5) is 30.9. The van der Waals surface area contributed by atoms with Crippen LogP contribution in [-0.2, 0) is 17.6 Å². The van der Waals surface area contributed by atoms with Crippen LogP contribution >= 0.6 is 11.3 Å². The maximum atomic E-state index is 13.2. The number of methoxy groups -OCH3 is 1. The number of nitrogens with zero attached hydrogens (tertiary/aromatic N) is 2. The second-order valence-corrected chi connectivity index (χ2v) is 8.18. The zero-order valence-corrected chi connectivity index (χ0v) is 16.6. The lowest BCUT2D eigenvalue weighted by Crippen LogP contribution is -2.57. The number of benzene rings is 1. The number of piperazine rings is 1. The number of anilines is 1. The molecule has 5 nitrogen and oxygen atoms in total. The number of fused-ring (bicyclic) bond motifs is 1. The highest BCUT2D eigenvalue weighted by atomic mass is 32.1. The Kier molecular flexibility index (Phi) is 4.91. The Bertz CT molecular complexity index is 876. The van der Waals surface area contributed by atoms with Gasteiger partial charge in [-0.1, -0.05) is 12.1 Å². The number of rotatable bonds is 3. The zero-order chi connectivity index (χ0) is 19.0. The molecule has 0 bridgehead atoms. The van der Waals surface area contributed by atoms with E-state index < -0.39 is 0 Å². The van der Waals surface area contributed by atoms with Crippen molar-refractivity contribution in [3.05, 3.63) is 45.6 Å². The van der Waals surface area contributed by atoms with Gasteiger partial charge in [0.15, 0.2) is 0 Å². The summed E-state index contributed by atoms with van der Waals surface area (Å²) in [5.74, 6) is 0.592. The number of hydrogen-bond acceptors (Lipinski definition) is 4. The van der Waals surface area contributed by atoms with Crippen LogP contribution in [0.3, 0.4) is 0 Å². The van der Waals surface area contributed by atoms with Gasteiger partial charge in [0.2, 0.25) is 5.91 Å². The molecule has 0 radical (unpaired) electrons. The van der Waals surface area contributed by atoms with E-state index in [1.165, 1.54) is 16.9 Å². The van der Waals surface area contributed by atoms with Crippen LogP contribution in [0.4, 0.5) is 5.69 Å². The van der Waals surface area contributed by atoms with Crippen LogP contribution in [0.15, 0.2) is 29.6 Å². The van der Waals surface area contributed by atoms with Crippen molar-refractivity contribution in [2.24, 2.45) is 0 Å². The van der Waals surface area contributed by atoms with Gasteiger partial charge in [0.25, 0.3) is 5.91 Å². The first-order valence-corrected chi connectivity index (χ1v) is 10.3. The molecule has 1 atom stereocenters. The van der Waals surface area contributed by atoms with Gasteiger partial charge in [0.05, 0.1) is 18.4 Å². The summed E-state index contributed by atoms with van der Waals surface area (Å²) in [7, 11) is 1.60. The fourth-order valence-electron chi connectivity index (χ4n) is 4.04. The van der Waals surface area contributed by atoms with Gasteiger partial charge in [0, 0.05) is 22.8 Å². The molecule has 1 aliphatic heterocycles. The van der Waals surface area contributed by atoms with Crippen LogP contribution in [-0.4, -0.2) is 43.0 Å². The average Bonchev–Trinajstić information content (AvgIpc) is 3.13. The molecule has 2 amide bonds. The third-order valence-electron chi connectivity index (χ3n) is 5.51. The van der Waals surface area contributed by atoms with Crippen LogP contribution in [0.2, 0.25) is 0 Å². The number of carbonyl (C=O) groups excluding carboxylic acids is 2. The van der Waals surface area contributed by atoms with Crippen molar-refractivity contribution in [1.82, 2.24) is 4.90 Å². The van der Waals surface area contributed by atoms with E-state index in [0.717, 1.165) is 30.5 Å². The van der Waals surface area contributed by atoms with E-state index in [9.17, 15) is 9.59 Å². The number of carbonyl (C=O) groups is 2. The van der Waals surface area contributed by atoms with Crippen LogP contribution in [0.1, 0.15) is 40.6 Å². The number of ether oxygens (including phenoxy) is 1. The van der Waals surface area contributed by atoms with Gasteiger partial charge in [-0.3, -0.25) is 9.59 Å². The third kappa shape index (κ3) is 3.23. The molecule has 6 heteroatoms. The first-order valence-electron chi connectivity index (χ1n) is 9.43. The summed E-state index contributed by atoms with van der Waals surface area (Å²) >= 11 is 1.69. The molecule has 0 saturated carbocycles. The minimum atomic E-state index is -0.0740. The summed E-state index contributed by atoms with van der Waals surface area (Å²) in [6.45, 7) is 2.57. The second-order valence-electron chi connectivity index (χ2n) is 7.22. The quantitative estimate of drug-likeness (QED) is 0.814. The molecular weight excluding hydrogens is 360 g/mol. The van der Waals surface area contributed by atoms with Gasteiger partial charge >= 0.3 is 0 Å². The molecule has 4 rings (SSSR count). The first-order chi connectivity index (χ1) is 13.1. The van der Waals surface area contributed by atoms with Crippen molar-refractivity contribution >= 4 is 28.8 Å². The van der Waals surface area contributed by atoms with E-state index in [-0.39, 0.29) is 24.4 Å². The molecule has 2 aliphatic rings. The zero-order valence-electron chi connectivity index (χ0n) is 15.7. The largest absolute Gasteiger partial charge is 0.495 e. The molecule has 1 aliphatic carbocycles. The summed E-state index contributed by atoms with van der Waals surface area (Å²) in [5.41, 5.74) is 2.78. The van der Waals surface area contributed by atoms with Crippen molar-refractivity contribution in [2.45, 2.75) is 38.6 Å². The SMILES string of the molecule is COc1ccccc1N1C[C@H](C)N(C(=O)c2csc3c2CCCC3)CC1=O. The predicted molar refractivity (Wildman–Crippen MR) is 107 cm³/mol. The van der Waals surface area contributed by atoms with Crippen molar-refractivity contribution < 1.29 is 14.3 Å². The molecule has 1 aromatic carbocycles. The van der Waals surface area contributed by atoms with E-state index in [1.54, 1.807) is 28.2 Å². The van der Waals surface area contributed by atoms with Crippen molar-refractivity contribution in [1.29, 1.82) is 0 Å².